The van der Waals surface area contributed by atoms with Crippen molar-refractivity contribution in [1.82, 2.24) is 4.98 Å². The molecule has 16 heavy (non-hydrogen) atoms. The lowest BCUT2D eigenvalue weighted by Crippen LogP contribution is -2.43. The summed E-state index contributed by atoms with van der Waals surface area (Å²) < 4.78 is 0. The van der Waals surface area contributed by atoms with Crippen molar-refractivity contribution in [3.8, 4) is 0 Å². The van der Waals surface area contributed by atoms with E-state index in [0.29, 0.717) is 11.4 Å². The first-order valence-electron chi connectivity index (χ1n) is 5.44. The standard InChI is InChI=1S/C11H16N4O/c12-8-3-2-6-15(7-8)11-9(10(13)16)4-1-5-14-11/h1,4-5,8H,2-3,6-7,12H2,(H2,13,16). The van der Waals surface area contributed by atoms with Crippen molar-refractivity contribution in [3.05, 3.63) is 23.9 Å². The summed E-state index contributed by atoms with van der Waals surface area (Å²) in [6.07, 6.45) is 3.72. The van der Waals surface area contributed by atoms with Gasteiger partial charge in [0.1, 0.15) is 5.82 Å². The van der Waals surface area contributed by atoms with E-state index < -0.39 is 5.91 Å². The molecule has 0 aromatic carbocycles. The van der Waals surface area contributed by atoms with Crippen LogP contribution in [0.4, 0.5) is 5.82 Å². The van der Waals surface area contributed by atoms with Crippen LogP contribution in [0.2, 0.25) is 0 Å². The lowest BCUT2D eigenvalue weighted by molar-refractivity contribution is 0.100. The summed E-state index contributed by atoms with van der Waals surface area (Å²) in [6.45, 7) is 1.61. The Morgan fingerprint density at radius 1 is 1.56 bits per heavy atom. The monoisotopic (exact) mass is 220 g/mol. The number of pyridine rings is 1. The Labute approximate surface area is 94.4 Å². The van der Waals surface area contributed by atoms with Crippen molar-refractivity contribution in [2.75, 3.05) is 18.0 Å². The number of aromatic nitrogens is 1. The summed E-state index contributed by atoms with van der Waals surface area (Å²) in [5.41, 5.74) is 11.7. The van der Waals surface area contributed by atoms with Crippen LogP contribution in [0.25, 0.3) is 0 Å². The third kappa shape index (κ3) is 2.14. The molecule has 2 heterocycles. The van der Waals surface area contributed by atoms with Crippen molar-refractivity contribution >= 4 is 11.7 Å². The molecule has 5 nitrogen and oxygen atoms in total. The lowest BCUT2D eigenvalue weighted by atomic mass is 10.1. The van der Waals surface area contributed by atoms with Gasteiger partial charge in [-0.05, 0) is 25.0 Å². The fraction of sp³-hybridized carbons (Fsp3) is 0.455. The van der Waals surface area contributed by atoms with Gasteiger partial charge in [-0.2, -0.15) is 0 Å². The maximum atomic E-state index is 11.3. The molecule has 1 saturated heterocycles. The summed E-state index contributed by atoms with van der Waals surface area (Å²) >= 11 is 0. The maximum Gasteiger partial charge on any atom is 0.252 e. The zero-order chi connectivity index (χ0) is 11.5. The van der Waals surface area contributed by atoms with Crippen LogP contribution in [0.1, 0.15) is 23.2 Å². The molecule has 0 radical (unpaired) electrons. The highest BCUT2D eigenvalue weighted by Gasteiger charge is 2.21. The van der Waals surface area contributed by atoms with Gasteiger partial charge < -0.3 is 16.4 Å². The fourth-order valence-electron chi connectivity index (χ4n) is 2.04. The van der Waals surface area contributed by atoms with Gasteiger partial charge in [-0.3, -0.25) is 4.79 Å². The van der Waals surface area contributed by atoms with Gasteiger partial charge in [0, 0.05) is 25.3 Å². The molecule has 1 aliphatic rings. The Kier molecular flexibility index (Phi) is 3.05. The minimum atomic E-state index is -0.442. The Bertz CT molecular complexity index is 393. The van der Waals surface area contributed by atoms with Crippen LogP contribution in [-0.4, -0.2) is 30.0 Å². The van der Waals surface area contributed by atoms with Crippen LogP contribution < -0.4 is 16.4 Å². The lowest BCUT2D eigenvalue weighted by Gasteiger charge is -2.32. The normalized spacial score (nSPS) is 20.8. The molecule has 4 N–H and O–H groups in total. The molecule has 0 spiro atoms. The molecule has 1 unspecified atom stereocenters. The number of carbonyl (C=O) groups is 1. The number of carbonyl (C=O) groups excluding carboxylic acids is 1. The van der Waals surface area contributed by atoms with E-state index in [2.05, 4.69) is 4.98 Å². The number of primary amides is 1. The zero-order valence-corrected chi connectivity index (χ0v) is 9.10. The Morgan fingerprint density at radius 3 is 3.06 bits per heavy atom. The van der Waals surface area contributed by atoms with Crippen molar-refractivity contribution in [2.24, 2.45) is 11.5 Å². The van der Waals surface area contributed by atoms with E-state index >= 15 is 0 Å². The number of nitrogens with zero attached hydrogens (tertiary/aromatic N) is 2. The first-order valence-corrected chi connectivity index (χ1v) is 5.44. The van der Waals surface area contributed by atoms with Gasteiger partial charge in [-0.1, -0.05) is 0 Å². The molecule has 0 aliphatic carbocycles. The molecule has 1 aliphatic heterocycles. The average Bonchev–Trinajstić information content (AvgIpc) is 2.29. The Morgan fingerprint density at radius 2 is 2.38 bits per heavy atom. The quantitative estimate of drug-likeness (QED) is 0.740. The molecule has 0 saturated carbocycles. The second-order valence-corrected chi connectivity index (χ2v) is 4.09. The van der Waals surface area contributed by atoms with Crippen molar-refractivity contribution in [3.63, 3.8) is 0 Å². The number of anilines is 1. The van der Waals surface area contributed by atoms with Gasteiger partial charge in [0.2, 0.25) is 0 Å². The van der Waals surface area contributed by atoms with Crippen LogP contribution in [0.3, 0.4) is 0 Å². The van der Waals surface area contributed by atoms with Crippen LogP contribution in [0, 0.1) is 0 Å². The number of hydrogen-bond acceptors (Lipinski definition) is 4. The van der Waals surface area contributed by atoms with Gasteiger partial charge in [-0.25, -0.2) is 4.98 Å². The van der Waals surface area contributed by atoms with E-state index in [1.165, 1.54) is 0 Å². The van der Waals surface area contributed by atoms with Gasteiger partial charge >= 0.3 is 0 Å². The summed E-state index contributed by atoms with van der Waals surface area (Å²) in [6, 6.07) is 3.56. The highest BCUT2D eigenvalue weighted by Crippen LogP contribution is 2.20. The molecule has 1 fully saturated rings. The second kappa shape index (κ2) is 4.49. The fourth-order valence-corrected chi connectivity index (χ4v) is 2.04. The predicted molar refractivity (Wildman–Crippen MR) is 62.2 cm³/mol. The summed E-state index contributed by atoms with van der Waals surface area (Å²) in [5, 5.41) is 0. The highest BCUT2D eigenvalue weighted by molar-refractivity contribution is 5.97. The number of piperidine rings is 1. The molecule has 5 heteroatoms. The molecular formula is C11H16N4O. The third-order valence-electron chi connectivity index (χ3n) is 2.81. The summed E-state index contributed by atoms with van der Waals surface area (Å²) in [7, 11) is 0. The largest absolute Gasteiger partial charge is 0.365 e. The van der Waals surface area contributed by atoms with E-state index in [1.54, 1.807) is 18.3 Å². The smallest absolute Gasteiger partial charge is 0.252 e. The molecule has 2 rings (SSSR count). The van der Waals surface area contributed by atoms with Crippen molar-refractivity contribution < 1.29 is 4.79 Å². The van der Waals surface area contributed by atoms with E-state index in [9.17, 15) is 4.79 Å². The minimum Gasteiger partial charge on any atom is -0.365 e. The first-order chi connectivity index (χ1) is 7.68. The molecule has 1 atom stereocenters. The van der Waals surface area contributed by atoms with E-state index in [-0.39, 0.29) is 6.04 Å². The number of amides is 1. The second-order valence-electron chi connectivity index (χ2n) is 4.09. The van der Waals surface area contributed by atoms with E-state index in [1.807, 2.05) is 4.90 Å². The van der Waals surface area contributed by atoms with Crippen LogP contribution in [0.15, 0.2) is 18.3 Å². The van der Waals surface area contributed by atoms with Crippen LogP contribution in [0.5, 0.6) is 0 Å². The maximum absolute atomic E-state index is 11.3. The summed E-state index contributed by atoms with van der Waals surface area (Å²) in [4.78, 5) is 17.5. The number of nitrogens with two attached hydrogens (primary N) is 2. The van der Waals surface area contributed by atoms with Crippen LogP contribution >= 0.6 is 0 Å². The molecule has 1 aromatic heterocycles. The Hall–Kier alpha value is -1.62. The Balaban J connectivity index is 2.28. The van der Waals surface area contributed by atoms with Gasteiger partial charge in [0.25, 0.3) is 5.91 Å². The third-order valence-corrected chi connectivity index (χ3v) is 2.81. The number of hydrogen-bond donors (Lipinski definition) is 2. The van der Waals surface area contributed by atoms with Gasteiger partial charge in [0.15, 0.2) is 0 Å². The average molecular weight is 220 g/mol. The van der Waals surface area contributed by atoms with Gasteiger partial charge in [0.05, 0.1) is 5.56 Å². The van der Waals surface area contributed by atoms with Crippen molar-refractivity contribution in [2.45, 2.75) is 18.9 Å². The predicted octanol–water partition coefficient (Wildman–Crippen LogP) is 0.108. The number of rotatable bonds is 2. The SMILES string of the molecule is NC(=O)c1cccnc1N1CCCC(N)C1. The molecule has 0 bridgehead atoms. The van der Waals surface area contributed by atoms with Crippen molar-refractivity contribution in [1.29, 1.82) is 0 Å². The van der Waals surface area contributed by atoms with Gasteiger partial charge in [-0.15, -0.1) is 0 Å². The molecule has 1 amide bonds. The van der Waals surface area contributed by atoms with E-state index in [4.69, 9.17) is 11.5 Å². The zero-order valence-electron chi connectivity index (χ0n) is 9.10. The first kappa shape index (κ1) is 10.9. The minimum absolute atomic E-state index is 0.150. The molecule has 86 valence electrons. The summed E-state index contributed by atoms with van der Waals surface area (Å²) in [5.74, 6) is 0.215. The topological polar surface area (TPSA) is 85.2 Å². The van der Waals surface area contributed by atoms with E-state index in [0.717, 1.165) is 25.9 Å². The molecule has 1 aromatic rings. The van der Waals surface area contributed by atoms with Crippen LogP contribution in [-0.2, 0) is 0 Å². The highest BCUT2D eigenvalue weighted by atomic mass is 16.1. The molecular weight excluding hydrogens is 204 g/mol.